The van der Waals surface area contributed by atoms with Crippen LogP contribution in [0.5, 0.6) is 0 Å². The monoisotopic (exact) mass is 383 g/mol. The molecule has 2 aromatic rings. The van der Waals surface area contributed by atoms with Gasteiger partial charge in [-0.25, -0.2) is 0 Å². The largest absolute Gasteiger partial charge is 0.360 e. The van der Waals surface area contributed by atoms with Crippen molar-refractivity contribution in [1.82, 2.24) is 10.1 Å². The van der Waals surface area contributed by atoms with E-state index in [0.29, 0.717) is 11.6 Å². The smallest absolute Gasteiger partial charge is 0.246 e. The number of aromatic nitrogens is 1. The van der Waals surface area contributed by atoms with Gasteiger partial charge in [0.2, 0.25) is 11.8 Å². The van der Waals surface area contributed by atoms with Gasteiger partial charge in [-0.2, -0.15) is 0 Å². The third kappa shape index (κ3) is 4.81. The number of likely N-dealkylation sites (N-methyl/N-ethyl adjacent to an activating group) is 1. The van der Waals surface area contributed by atoms with Crippen LogP contribution in [0.4, 0.5) is 5.82 Å². The molecule has 0 saturated heterocycles. The second-order valence-electron chi connectivity index (χ2n) is 4.54. The molecular formula is C14H14BrN3O3S. The minimum Gasteiger partial charge on any atom is -0.360 e. The quantitative estimate of drug-likeness (QED) is 0.805. The Morgan fingerprint density at radius 1 is 1.50 bits per heavy atom. The highest BCUT2D eigenvalue weighted by molar-refractivity contribution is 9.11. The van der Waals surface area contributed by atoms with Gasteiger partial charge >= 0.3 is 0 Å². The van der Waals surface area contributed by atoms with Gasteiger partial charge in [-0.15, -0.1) is 11.3 Å². The van der Waals surface area contributed by atoms with Gasteiger partial charge in [0.1, 0.15) is 5.76 Å². The minimum absolute atomic E-state index is 0.0663. The zero-order valence-corrected chi connectivity index (χ0v) is 14.4. The summed E-state index contributed by atoms with van der Waals surface area (Å²) in [5, 5.41) is 6.22. The van der Waals surface area contributed by atoms with E-state index in [0.717, 1.165) is 8.66 Å². The average molecular weight is 384 g/mol. The molecule has 2 aromatic heterocycles. The van der Waals surface area contributed by atoms with E-state index in [4.69, 9.17) is 4.52 Å². The summed E-state index contributed by atoms with van der Waals surface area (Å²) in [6.07, 6.45) is 3.15. The number of hydrogen-bond acceptors (Lipinski definition) is 5. The number of aryl methyl sites for hydroxylation is 1. The molecule has 1 N–H and O–H groups in total. The van der Waals surface area contributed by atoms with E-state index in [1.807, 2.05) is 12.1 Å². The summed E-state index contributed by atoms with van der Waals surface area (Å²) in [4.78, 5) is 26.0. The summed E-state index contributed by atoms with van der Waals surface area (Å²) >= 11 is 4.88. The lowest BCUT2D eigenvalue weighted by molar-refractivity contribution is -0.129. The van der Waals surface area contributed by atoms with Crippen molar-refractivity contribution in [1.29, 1.82) is 0 Å². The van der Waals surface area contributed by atoms with Crippen LogP contribution in [0.15, 0.2) is 32.6 Å². The topological polar surface area (TPSA) is 75.4 Å². The molecule has 0 spiro atoms. The first-order valence-electron chi connectivity index (χ1n) is 6.36. The number of anilines is 1. The van der Waals surface area contributed by atoms with Crippen molar-refractivity contribution in [3.8, 4) is 0 Å². The lowest BCUT2D eigenvalue weighted by atomic mass is 10.3. The summed E-state index contributed by atoms with van der Waals surface area (Å²) < 4.78 is 5.84. The number of carbonyl (C=O) groups is 2. The molecular weight excluding hydrogens is 370 g/mol. The van der Waals surface area contributed by atoms with Crippen LogP contribution in [0.1, 0.15) is 10.6 Å². The van der Waals surface area contributed by atoms with Crippen LogP contribution < -0.4 is 5.32 Å². The number of rotatable bonds is 5. The number of hydrogen-bond donors (Lipinski definition) is 1. The molecule has 0 aliphatic heterocycles. The van der Waals surface area contributed by atoms with Crippen molar-refractivity contribution in [3.05, 3.63) is 38.7 Å². The maximum atomic E-state index is 11.9. The molecule has 22 heavy (non-hydrogen) atoms. The van der Waals surface area contributed by atoms with Crippen molar-refractivity contribution in [3.63, 3.8) is 0 Å². The molecule has 0 saturated carbocycles. The molecule has 0 fully saturated rings. The molecule has 0 atom stereocenters. The highest BCUT2D eigenvalue weighted by atomic mass is 79.9. The molecule has 0 aliphatic rings. The van der Waals surface area contributed by atoms with Gasteiger partial charge in [-0.05, 0) is 41.1 Å². The Bertz CT molecular complexity index is 708. The third-order valence-corrected chi connectivity index (χ3v) is 4.23. The lowest BCUT2D eigenvalue weighted by Crippen LogP contribution is -2.33. The zero-order valence-electron chi connectivity index (χ0n) is 12.0. The fourth-order valence-electron chi connectivity index (χ4n) is 1.60. The first-order chi connectivity index (χ1) is 10.4. The Balaban J connectivity index is 1.85. The lowest BCUT2D eigenvalue weighted by Gasteiger charge is -2.13. The fourth-order valence-corrected chi connectivity index (χ4v) is 2.93. The SMILES string of the molecule is Cc1cc(NC(=O)CN(C)C(=O)/C=C/c2ccc(Br)s2)no1. The highest BCUT2D eigenvalue weighted by Crippen LogP contribution is 2.22. The molecule has 8 heteroatoms. The fraction of sp³-hybridized carbons (Fsp3) is 0.214. The van der Waals surface area contributed by atoms with Crippen LogP contribution in [0, 0.1) is 6.92 Å². The van der Waals surface area contributed by atoms with Crippen molar-refractivity contribution >= 4 is 51.0 Å². The normalized spacial score (nSPS) is 10.9. The van der Waals surface area contributed by atoms with E-state index in [1.165, 1.54) is 22.3 Å². The molecule has 6 nitrogen and oxygen atoms in total. The summed E-state index contributed by atoms with van der Waals surface area (Å²) in [5.41, 5.74) is 0. The van der Waals surface area contributed by atoms with Gasteiger partial charge in [0.25, 0.3) is 0 Å². The Morgan fingerprint density at radius 2 is 2.27 bits per heavy atom. The molecule has 0 aliphatic carbocycles. The first-order valence-corrected chi connectivity index (χ1v) is 7.96. The number of thiophene rings is 1. The Kier molecular flexibility index (Phi) is 5.51. The summed E-state index contributed by atoms with van der Waals surface area (Å²) in [6.45, 7) is 1.66. The van der Waals surface area contributed by atoms with Crippen molar-refractivity contribution in [2.45, 2.75) is 6.92 Å². The first kappa shape index (κ1) is 16.4. The number of carbonyl (C=O) groups excluding carboxylic acids is 2. The number of halogens is 1. The summed E-state index contributed by atoms with van der Waals surface area (Å²) in [5.74, 6) is 0.347. The zero-order chi connectivity index (χ0) is 16.1. The van der Waals surface area contributed by atoms with Gasteiger partial charge in [-0.3, -0.25) is 9.59 Å². The molecule has 2 heterocycles. The van der Waals surface area contributed by atoms with E-state index >= 15 is 0 Å². The molecule has 0 radical (unpaired) electrons. The van der Waals surface area contributed by atoms with E-state index < -0.39 is 0 Å². The van der Waals surface area contributed by atoms with Crippen LogP contribution >= 0.6 is 27.3 Å². The third-order valence-electron chi connectivity index (χ3n) is 2.64. The number of nitrogens with one attached hydrogen (secondary N) is 1. The molecule has 0 aromatic carbocycles. The van der Waals surface area contributed by atoms with E-state index in [1.54, 1.807) is 26.1 Å². The highest BCUT2D eigenvalue weighted by Gasteiger charge is 2.12. The second-order valence-corrected chi connectivity index (χ2v) is 7.04. The van der Waals surface area contributed by atoms with Crippen molar-refractivity contribution in [2.75, 3.05) is 18.9 Å². The van der Waals surface area contributed by atoms with Gasteiger partial charge in [0, 0.05) is 24.1 Å². The van der Waals surface area contributed by atoms with Crippen LogP contribution in [0.3, 0.4) is 0 Å². The van der Waals surface area contributed by atoms with Crippen LogP contribution in [0.2, 0.25) is 0 Å². The predicted octanol–water partition coefficient (Wildman–Crippen LogP) is 2.92. The van der Waals surface area contributed by atoms with Gasteiger partial charge in [0.15, 0.2) is 5.82 Å². The molecule has 2 amide bonds. The van der Waals surface area contributed by atoms with Crippen molar-refractivity contribution < 1.29 is 14.1 Å². The maximum Gasteiger partial charge on any atom is 0.246 e. The van der Waals surface area contributed by atoms with Crippen LogP contribution in [0.25, 0.3) is 6.08 Å². The standard InChI is InChI=1S/C14H14BrN3O3S/c1-9-7-12(17-21-9)16-13(19)8-18(2)14(20)6-4-10-3-5-11(15)22-10/h3-7H,8H2,1-2H3,(H,16,17,19)/b6-4+. The van der Waals surface area contributed by atoms with Gasteiger partial charge in [-0.1, -0.05) is 5.16 Å². The Morgan fingerprint density at radius 3 is 2.86 bits per heavy atom. The summed E-state index contributed by atoms with van der Waals surface area (Å²) in [6, 6.07) is 5.41. The Hall–Kier alpha value is -1.93. The second kappa shape index (κ2) is 7.37. The van der Waals surface area contributed by atoms with Crippen LogP contribution in [-0.2, 0) is 9.59 Å². The molecule has 2 rings (SSSR count). The van der Waals surface area contributed by atoms with E-state index in [2.05, 4.69) is 26.4 Å². The van der Waals surface area contributed by atoms with Gasteiger partial charge < -0.3 is 14.7 Å². The number of amides is 2. The molecule has 0 bridgehead atoms. The molecule has 0 unspecified atom stereocenters. The average Bonchev–Trinajstić information content (AvgIpc) is 3.04. The number of nitrogens with zero attached hydrogens (tertiary/aromatic N) is 2. The van der Waals surface area contributed by atoms with E-state index in [-0.39, 0.29) is 18.4 Å². The predicted molar refractivity (Wildman–Crippen MR) is 88.6 cm³/mol. The van der Waals surface area contributed by atoms with Crippen LogP contribution in [-0.4, -0.2) is 35.5 Å². The maximum absolute atomic E-state index is 11.9. The Labute approximate surface area is 139 Å². The molecule has 116 valence electrons. The van der Waals surface area contributed by atoms with Gasteiger partial charge in [0.05, 0.1) is 10.3 Å². The van der Waals surface area contributed by atoms with Crippen molar-refractivity contribution in [2.24, 2.45) is 0 Å². The summed E-state index contributed by atoms with van der Waals surface area (Å²) in [7, 11) is 1.56. The minimum atomic E-state index is -0.337. The van der Waals surface area contributed by atoms with E-state index in [9.17, 15) is 9.59 Å².